The molecule has 0 atom stereocenters. The highest BCUT2D eigenvalue weighted by atomic mass is 16.5. The number of nitrogens with one attached hydrogen (secondary N) is 1. The van der Waals surface area contributed by atoms with Gasteiger partial charge < -0.3 is 15.2 Å². The van der Waals surface area contributed by atoms with Gasteiger partial charge >= 0.3 is 11.9 Å². The first-order chi connectivity index (χ1) is 12.5. The lowest BCUT2D eigenvalue weighted by Gasteiger charge is -2.09. The molecule has 2 aromatic carbocycles. The van der Waals surface area contributed by atoms with E-state index in [2.05, 4.69) is 11.9 Å². The average Bonchev–Trinajstić information content (AvgIpc) is 2.62. The van der Waals surface area contributed by atoms with Crippen LogP contribution in [0.25, 0.3) is 0 Å². The maximum Gasteiger partial charge on any atom is 0.343 e. The lowest BCUT2D eigenvalue weighted by Crippen LogP contribution is -2.11. The number of anilines is 1. The summed E-state index contributed by atoms with van der Waals surface area (Å²) in [6, 6.07) is 13.3. The Bertz CT molecular complexity index is 853. The molecule has 0 aromatic heterocycles. The van der Waals surface area contributed by atoms with Crippen LogP contribution in [0, 0.1) is 0 Å². The fraction of sp³-hybridized carbons (Fsp3) is 0.0500. The summed E-state index contributed by atoms with van der Waals surface area (Å²) in [6.45, 7) is 3.68. The molecule has 2 N–H and O–H groups in total. The van der Waals surface area contributed by atoms with E-state index >= 15 is 0 Å². The largest absolute Gasteiger partial charge is 0.478 e. The quantitative estimate of drug-likeness (QED) is 0.346. The third-order valence-electron chi connectivity index (χ3n) is 3.30. The van der Waals surface area contributed by atoms with E-state index in [1.165, 1.54) is 24.3 Å². The van der Waals surface area contributed by atoms with Crippen LogP contribution in [-0.4, -0.2) is 23.0 Å². The second-order valence-electron chi connectivity index (χ2n) is 5.23. The summed E-state index contributed by atoms with van der Waals surface area (Å²) in [6.07, 6.45) is 3.95. The van der Waals surface area contributed by atoms with Crippen molar-refractivity contribution in [3.63, 3.8) is 0 Å². The van der Waals surface area contributed by atoms with Crippen LogP contribution in [-0.2, 0) is 16.0 Å². The topological polar surface area (TPSA) is 92.7 Å². The molecule has 0 saturated carbocycles. The smallest absolute Gasteiger partial charge is 0.343 e. The standard InChI is InChI=1S/C20H17NO5/c1-2-5-14-6-3-4-7-17(14)26-20(25)15-8-10-16(11-9-15)21-18(22)12-13-19(23)24/h2-4,6-13H,1,5H2,(H,21,22)(H,23,24)/b13-12+. The van der Waals surface area contributed by atoms with Crippen LogP contribution in [0.3, 0.4) is 0 Å². The zero-order valence-corrected chi connectivity index (χ0v) is 13.8. The monoisotopic (exact) mass is 351 g/mol. The average molecular weight is 351 g/mol. The van der Waals surface area contributed by atoms with Crippen molar-refractivity contribution in [2.45, 2.75) is 6.42 Å². The van der Waals surface area contributed by atoms with E-state index in [9.17, 15) is 14.4 Å². The number of carboxylic acid groups (broad SMARTS) is 1. The van der Waals surface area contributed by atoms with E-state index in [1.807, 2.05) is 12.1 Å². The molecule has 6 heteroatoms. The Morgan fingerprint density at radius 3 is 2.38 bits per heavy atom. The van der Waals surface area contributed by atoms with Crippen molar-refractivity contribution in [2.24, 2.45) is 0 Å². The molecule has 0 radical (unpaired) electrons. The first-order valence-corrected chi connectivity index (χ1v) is 7.72. The lowest BCUT2D eigenvalue weighted by atomic mass is 10.1. The van der Waals surface area contributed by atoms with Crippen molar-refractivity contribution >= 4 is 23.5 Å². The second-order valence-corrected chi connectivity index (χ2v) is 5.23. The summed E-state index contributed by atoms with van der Waals surface area (Å²) >= 11 is 0. The van der Waals surface area contributed by atoms with Crippen LogP contribution >= 0.6 is 0 Å². The van der Waals surface area contributed by atoms with Gasteiger partial charge in [-0.1, -0.05) is 24.3 Å². The highest BCUT2D eigenvalue weighted by molar-refractivity contribution is 6.02. The zero-order chi connectivity index (χ0) is 18.9. The van der Waals surface area contributed by atoms with Crippen LogP contribution < -0.4 is 10.1 Å². The fourth-order valence-corrected chi connectivity index (χ4v) is 2.11. The number of rotatable bonds is 7. The van der Waals surface area contributed by atoms with E-state index in [0.29, 0.717) is 23.4 Å². The molecule has 26 heavy (non-hydrogen) atoms. The van der Waals surface area contributed by atoms with E-state index < -0.39 is 17.8 Å². The highest BCUT2D eigenvalue weighted by Crippen LogP contribution is 2.20. The highest BCUT2D eigenvalue weighted by Gasteiger charge is 2.11. The summed E-state index contributed by atoms with van der Waals surface area (Å²) in [5, 5.41) is 11.0. The van der Waals surface area contributed by atoms with Crippen LogP contribution in [0.4, 0.5) is 5.69 Å². The summed E-state index contributed by atoms with van der Waals surface area (Å²) in [4.78, 5) is 34.2. The van der Waals surface area contributed by atoms with E-state index in [1.54, 1.807) is 18.2 Å². The number of esters is 1. The third-order valence-corrected chi connectivity index (χ3v) is 3.30. The van der Waals surface area contributed by atoms with Crippen LogP contribution in [0.5, 0.6) is 5.75 Å². The molecular formula is C20H17NO5. The summed E-state index contributed by atoms with van der Waals surface area (Å²) in [5.41, 5.74) is 1.59. The van der Waals surface area contributed by atoms with Gasteiger partial charge in [-0.25, -0.2) is 9.59 Å². The molecule has 0 saturated heterocycles. The minimum Gasteiger partial charge on any atom is -0.478 e. The number of carbonyl (C=O) groups excluding carboxylic acids is 2. The molecular weight excluding hydrogens is 334 g/mol. The van der Waals surface area contributed by atoms with Gasteiger partial charge in [-0.2, -0.15) is 0 Å². The minimum atomic E-state index is -1.21. The summed E-state index contributed by atoms with van der Waals surface area (Å²) < 4.78 is 5.42. The van der Waals surface area contributed by atoms with E-state index in [0.717, 1.165) is 17.7 Å². The van der Waals surface area contributed by atoms with Gasteiger partial charge in [0.15, 0.2) is 0 Å². The lowest BCUT2D eigenvalue weighted by molar-refractivity contribution is -0.131. The van der Waals surface area contributed by atoms with Gasteiger partial charge in [0.25, 0.3) is 0 Å². The van der Waals surface area contributed by atoms with Crippen LogP contribution in [0.1, 0.15) is 15.9 Å². The molecule has 0 spiro atoms. The van der Waals surface area contributed by atoms with Gasteiger partial charge in [-0.05, 0) is 42.3 Å². The molecule has 2 aromatic rings. The van der Waals surface area contributed by atoms with Gasteiger partial charge in [0.2, 0.25) is 5.91 Å². The molecule has 0 unspecified atom stereocenters. The molecule has 1 amide bonds. The Morgan fingerprint density at radius 1 is 1.04 bits per heavy atom. The van der Waals surface area contributed by atoms with E-state index in [-0.39, 0.29) is 0 Å². The Labute approximate surface area is 150 Å². The molecule has 6 nitrogen and oxygen atoms in total. The number of ether oxygens (including phenoxy) is 1. The van der Waals surface area contributed by atoms with Gasteiger partial charge in [0.1, 0.15) is 5.75 Å². The first kappa shape index (κ1) is 18.7. The van der Waals surface area contributed by atoms with Crippen molar-refractivity contribution < 1.29 is 24.2 Å². The Hall–Kier alpha value is -3.67. The predicted molar refractivity (Wildman–Crippen MR) is 97.1 cm³/mol. The fourth-order valence-electron chi connectivity index (χ4n) is 2.11. The molecule has 2 rings (SSSR count). The zero-order valence-electron chi connectivity index (χ0n) is 13.8. The van der Waals surface area contributed by atoms with Crippen LogP contribution in [0.15, 0.2) is 73.3 Å². The predicted octanol–water partition coefficient (Wildman–Crippen LogP) is 3.21. The molecule has 132 valence electrons. The Morgan fingerprint density at radius 2 is 1.73 bits per heavy atom. The number of benzene rings is 2. The number of carbonyl (C=O) groups is 3. The van der Waals surface area contributed by atoms with Crippen molar-refractivity contribution in [1.29, 1.82) is 0 Å². The maximum atomic E-state index is 12.3. The van der Waals surface area contributed by atoms with Crippen LogP contribution in [0.2, 0.25) is 0 Å². The van der Waals surface area contributed by atoms with Crippen molar-refractivity contribution in [2.75, 3.05) is 5.32 Å². The van der Waals surface area contributed by atoms with Gasteiger partial charge in [-0.3, -0.25) is 4.79 Å². The Kier molecular flexibility index (Phi) is 6.45. The van der Waals surface area contributed by atoms with Crippen molar-refractivity contribution in [3.05, 3.63) is 84.5 Å². The summed E-state index contributed by atoms with van der Waals surface area (Å²) in [7, 11) is 0. The normalized spacial score (nSPS) is 10.3. The summed E-state index contributed by atoms with van der Waals surface area (Å²) in [5.74, 6) is -1.85. The third kappa shape index (κ3) is 5.45. The number of carboxylic acids is 1. The Balaban J connectivity index is 2.04. The van der Waals surface area contributed by atoms with Crippen molar-refractivity contribution in [1.82, 2.24) is 0 Å². The number of allylic oxidation sites excluding steroid dienone is 1. The SMILES string of the molecule is C=CCc1ccccc1OC(=O)c1ccc(NC(=O)/C=C/C(=O)O)cc1. The molecule has 0 aliphatic heterocycles. The number of hydrogen-bond acceptors (Lipinski definition) is 4. The van der Waals surface area contributed by atoms with E-state index in [4.69, 9.17) is 9.84 Å². The van der Waals surface area contributed by atoms with Gasteiger partial charge in [-0.15, -0.1) is 6.58 Å². The molecule has 0 fully saturated rings. The minimum absolute atomic E-state index is 0.317. The second kappa shape index (κ2) is 8.98. The number of para-hydroxylation sites is 1. The molecule has 0 aliphatic carbocycles. The van der Waals surface area contributed by atoms with Gasteiger partial charge in [0, 0.05) is 17.8 Å². The van der Waals surface area contributed by atoms with Crippen molar-refractivity contribution in [3.8, 4) is 5.75 Å². The number of amides is 1. The van der Waals surface area contributed by atoms with Gasteiger partial charge in [0.05, 0.1) is 5.56 Å². The molecule has 0 aliphatic rings. The molecule has 0 bridgehead atoms. The number of hydrogen-bond donors (Lipinski definition) is 2. The first-order valence-electron chi connectivity index (χ1n) is 7.72. The number of aliphatic carboxylic acids is 1. The molecule has 0 heterocycles. The maximum absolute atomic E-state index is 12.3.